The van der Waals surface area contributed by atoms with E-state index in [-0.39, 0.29) is 17.2 Å². The second kappa shape index (κ2) is 8.96. The molecule has 3 amide bonds. The van der Waals surface area contributed by atoms with Crippen molar-refractivity contribution >= 4 is 40.4 Å². The molecule has 0 bridgehead atoms. The molecule has 1 aliphatic rings. The van der Waals surface area contributed by atoms with Crippen molar-refractivity contribution in [3.63, 3.8) is 0 Å². The molecule has 7 nitrogen and oxygen atoms in total. The number of methoxy groups -OCH3 is 1. The van der Waals surface area contributed by atoms with E-state index in [1.165, 1.54) is 38.3 Å². The fourth-order valence-electron chi connectivity index (χ4n) is 3.55. The molecule has 3 aromatic carbocycles. The third kappa shape index (κ3) is 4.31. The quantitative estimate of drug-likeness (QED) is 0.556. The standard InChI is InChI=1S/C25H20FN3O4/c1-15(30)27-18-11-13-19(14-12-18)28-23-22(16-7-9-17(26)10-8-16)24(31)29(25(23)32)20-5-3-4-6-21(20)33-2/h3-14,28H,1-2H3,(H,27,30). The Morgan fingerprint density at radius 1 is 0.879 bits per heavy atom. The number of anilines is 3. The fourth-order valence-corrected chi connectivity index (χ4v) is 3.55. The van der Waals surface area contributed by atoms with E-state index in [1.807, 2.05) is 0 Å². The number of hydrogen-bond donors (Lipinski definition) is 2. The van der Waals surface area contributed by atoms with Crippen molar-refractivity contribution in [1.82, 2.24) is 0 Å². The van der Waals surface area contributed by atoms with Crippen LogP contribution >= 0.6 is 0 Å². The zero-order valence-electron chi connectivity index (χ0n) is 17.9. The number of halogens is 1. The molecule has 0 aliphatic carbocycles. The van der Waals surface area contributed by atoms with Crippen LogP contribution in [0.25, 0.3) is 5.57 Å². The number of hydrogen-bond acceptors (Lipinski definition) is 5. The first-order valence-electron chi connectivity index (χ1n) is 10.1. The van der Waals surface area contributed by atoms with Gasteiger partial charge in [0.1, 0.15) is 17.3 Å². The topological polar surface area (TPSA) is 87.7 Å². The summed E-state index contributed by atoms with van der Waals surface area (Å²) in [5, 5.41) is 5.69. The van der Waals surface area contributed by atoms with Crippen molar-refractivity contribution < 1.29 is 23.5 Å². The highest BCUT2D eigenvalue weighted by Gasteiger charge is 2.41. The van der Waals surface area contributed by atoms with Crippen molar-refractivity contribution in [2.75, 3.05) is 22.6 Å². The summed E-state index contributed by atoms with van der Waals surface area (Å²) in [7, 11) is 1.45. The van der Waals surface area contributed by atoms with Crippen LogP contribution in [0, 0.1) is 5.82 Å². The van der Waals surface area contributed by atoms with Gasteiger partial charge in [0.25, 0.3) is 11.8 Å². The first-order chi connectivity index (χ1) is 15.9. The Kier molecular flexibility index (Phi) is 5.91. The third-order valence-corrected chi connectivity index (χ3v) is 5.02. The molecule has 0 radical (unpaired) electrons. The Morgan fingerprint density at radius 2 is 1.52 bits per heavy atom. The monoisotopic (exact) mass is 445 g/mol. The van der Waals surface area contributed by atoms with Crippen LogP contribution in [0.4, 0.5) is 21.5 Å². The predicted octanol–water partition coefficient (Wildman–Crippen LogP) is 4.19. The summed E-state index contributed by atoms with van der Waals surface area (Å²) in [6, 6.07) is 18.7. The van der Waals surface area contributed by atoms with E-state index >= 15 is 0 Å². The van der Waals surface area contributed by atoms with Gasteiger partial charge in [0, 0.05) is 18.3 Å². The van der Waals surface area contributed by atoms with Crippen LogP contribution in [0.1, 0.15) is 12.5 Å². The first kappa shape index (κ1) is 21.8. The lowest BCUT2D eigenvalue weighted by Gasteiger charge is -2.18. The lowest BCUT2D eigenvalue weighted by atomic mass is 10.0. The maximum absolute atomic E-state index is 13.5. The number of para-hydroxylation sites is 2. The van der Waals surface area contributed by atoms with Crippen molar-refractivity contribution in [2.24, 2.45) is 0 Å². The van der Waals surface area contributed by atoms with Gasteiger partial charge in [-0.2, -0.15) is 0 Å². The van der Waals surface area contributed by atoms with Gasteiger partial charge in [-0.3, -0.25) is 14.4 Å². The maximum Gasteiger partial charge on any atom is 0.282 e. The molecule has 1 aliphatic heterocycles. The number of nitrogens with zero attached hydrogens (tertiary/aromatic N) is 1. The molecule has 0 aromatic heterocycles. The number of ether oxygens (including phenoxy) is 1. The Bertz CT molecular complexity index is 1270. The minimum atomic E-state index is -0.574. The van der Waals surface area contributed by atoms with Gasteiger partial charge in [-0.25, -0.2) is 9.29 Å². The van der Waals surface area contributed by atoms with Gasteiger partial charge in [-0.05, 0) is 54.1 Å². The molecule has 0 saturated heterocycles. The number of carbonyl (C=O) groups is 3. The van der Waals surface area contributed by atoms with E-state index in [0.717, 1.165) is 4.90 Å². The lowest BCUT2D eigenvalue weighted by molar-refractivity contribution is -0.120. The molecule has 2 N–H and O–H groups in total. The minimum Gasteiger partial charge on any atom is -0.495 e. The third-order valence-electron chi connectivity index (χ3n) is 5.02. The highest BCUT2D eigenvalue weighted by atomic mass is 19.1. The van der Waals surface area contributed by atoms with E-state index < -0.39 is 17.6 Å². The molecule has 0 spiro atoms. The Balaban J connectivity index is 1.77. The van der Waals surface area contributed by atoms with Crippen LogP contribution in [0.2, 0.25) is 0 Å². The minimum absolute atomic E-state index is 0.0461. The molecule has 1 heterocycles. The number of imide groups is 1. The van der Waals surface area contributed by atoms with Crippen molar-refractivity contribution in [3.05, 3.63) is 89.9 Å². The van der Waals surface area contributed by atoms with Gasteiger partial charge in [0.15, 0.2) is 0 Å². The summed E-state index contributed by atoms with van der Waals surface area (Å²) < 4.78 is 18.9. The Labute approximate surface area is 189 Å². The first-order valence-corrected chi connectivity index (χ1v) is 10.1. The van der Waals surface area contributed by atoms with Gasteiger partial charge in [-0.15, -0.1) is 0 Å². The van der Waals surface area contributed by atoms with E-state index in [9.17, 15) is 18.8 Å². The summed E-state index contributed by atoms with van der Waals surface area (Å²) >= 11 is 0. The van der Waals surface area contributed by atoms with E-state index in [1.54, 1.807) is 48.5 Å². The molecule has 33 heavy (non-hydrogen) atoms. The zero-order valence-corrected chi connectivity index (χ0v) is 17.9. The smallest absolute Gasteiger partial charge is 0.282 e. The molecular formula is C25H20FN3O4. The summed E-state index contributed by atoms with van der Waals surface area (Å²) in [4.78, 5) is 39.2. The van der Waals surface area contributed by atoms with Crippen LogP contribution in [0.15, 0.2) is 78.5 Å². The maximum atomic E-state index is 13.5. The average Bonchev–Trinajstić information content (AvgIpc) is 3.04. The molecule has 0 unspecified atom stereocenters. The van der Waals surface area contributed by atoms with E-state index in [0.29, 0.717) is 28.4 Å². The molecule has 3 aromatic rings. The number of rotatable bonds is 6. The molecule has 166 valence electrons. The number of nitrogens with one attached hydrogen (secondary N) is 2. The van der Waals surface area contributed by atoms with Gasteiger partial charge >= 0.3 is 0 Å². The number of carbonyl (C=O) groups excluding carboxylic acids is 3. The largest absolute Gasteiger partial charge is 0.495 e. The Hall–Kier alpha value is -4.46. The Morgan fingerprint density at radius 3 is 2.15 bits per heavy atom. The van der Waals surface area contributed by atoms with Gasteiger partial charge in [0.05, 0.1) is 18.4 Å². The average molecular weight is 445 g/mol. The molecular weight excluding hydrogens is 425 g/mol. The van der Waals surface area contributed by atoms with Crippen LogP contribution in [-0.2, 0) is 14.4 Å². The van der Waals surface area contributed by atoms with Gasteiger partial charge < -0.3 is 15.4 Å². The SMILES string of the molecule is COc1ccccc1N1C(=O)C(Nc2ccc(NC(C)=O)cc2)=C(c2ccc(F)cc2)C1=O. The van der Waals surface area contributed by atoms with Crippen molar-refractivity contribution in [3.8, 4) is 5.75 Å². The lowest BCUT2D eigenvalue weighted by Crippen LogP contribution is -2.32. The second-order valence-electron chi connectivity index (χ2n) is 7.26. The highest BCUT2D eigenvalue weighted by molar-refractivity contribution is 6.46. The fraction of sp³-hybridized carbons (Fsp3) is 0.0800. The van der Waals surface area contributed by atoms with Gasteiger partial charge in [0.2, 0.25) is 5.91 Å². The predicted molar refractivity (Wildman–Crippen MR) is 123 cm³/mol. The van der Waals surface area contributed by atoms with Crippen LogP contribution < -0.4 is 20.3 Å². The van der Waals surface area contributed by atoms with E-state index in [4.69, 9.17) is 4.74 Å². The van der Waals surface area contributed by atoms with Crippen LogP contribution in [-0.4, -0.2) is 24.8 Å². The summed E-state index contributed by atoms with van der Waals surface area (Å²) in [5.41, 5.74) is 1.96. The summed E-state index contributed by atoms with van der Waals surface area (Å²) in [6.07, 6.45) is 0. The molecule has 4 rings (SSSR count). The van der Waals surface area contributed by atoms with Crippen LogP contribution in [0.5, 0.6) is 5.75 Å². The van der Waals surface area contributed by atoms with Crippen molar-refractivity contribution in [2.45, 2.75) is 6.92 Å². The van der Waals surface area contributed by atoms with Crippen molar-refractivity contribution in [1.29, 1.82) is 0 Å². The van der Waals surface area contributed by atoms with Gasteiger partial charge in [-0.1, -0.05) is 24.3 Å². The molecule has 0 atom stereocenters. The van der Waals surface area contributed by atoms with E-state index in [2.05, 4.69) is 10.6 Å². The number of amides is 3. The molecule has 8 heteroatoms. The second-order valence-corrected chi connectivity index (χ2v) is 7.26. The molecule has 0 saturated carbocycles. The zero-order chi connectivity index (χ0) is 23.5. The summed E-state index contributed by atoms with van der Waals surface area (Å²) in [5.74, 6) is -1.44. The van der Waals surface area contributed by atoms with Crippen LogP contribution in [0.3, 0.4) is 0 Å². The normalized spacial score (nSPS) is 13.4. The molecule has 0 fully saturated rings. The number of benzene rings is 3. The summed E-state index contributed by atoms with van der Waals surface area (Å²) in [6.45, 7) is 1.40. The highest BCUT2D eigenvalue weighted by Crippen LogP contribution is 2.37.